The number of halogens is 1. The molecule has 0 spiro atoms. The molecule has 1 nitrogen and oxygen atoms in total. The van der Waals surface area contributed by atoms with E-state index in [1.807, 2.05) is 0 Å². The van der Waals surface area contributed by atoms with Crippen LogP contribution in [0.2, 0.25) is 0 Å². The highest BCUT2D eigenvalue weighted by molar-refractivity contribution is 9.09. The molecule has 0 heterocycles. The average Bonchev–Trinajstić information content (AvgIpc) is 3.14. The third-order valence-electron chi connectivity index (χ3n) is 3.79. The summed E-state index contributed by atoms with van der Waals surface area (Å²) < 4.78 is 5.78. The molecule has 1 aromatic rings. The van der Waals surface area contributed by atoms with Gasteiger partial charge in [0.2, 0.25) is 0 Å². The Bertz CT molecular complexity index is 369. The maximum absolute atomic E-state index is 5.78. The quantitative estimate of drug-likeness (QED) is 0.738. The first-order valence-electron chi connectivity index (χ1n) is 6.72. The average molecular weight is 295 g/mol. The number of benzene rings is 1. The monoisotopic (exact) mass is 294 g/mol. The highest BCUT2D eigenvalue weighted by Gasteiger charge is 2.24. The van der Waals surface area contributed by atoms with Crippen LogP contribution in [-0.2, 0) is 0 Å². The van der Waals surface area contributed by atoms with Crippen molar-refractivity contribution < 1.29 is 4.74 Å². The molecule has 2 aliphatic rings. The van der Waals surface area contributed by atoms with Crippen molar-refractivity contribution in [2.75, 3.05) is 0 Å². The molecule has 0 amide bonds. The summed E-state index contributed by atoms with van der Waals surface area (Å²) in [7, 11) is 0. The fraction of sp³-hybridized carbons (Fsp3) is 0.600. The highest BCUT2D eigenvalue weighted by atomic mass is 79.9. The lowest BCUT2D eigenvalue weighted by Gasteiger charge is -2.26. The summed E-state index contributed by atoms with van der Waals surface area (Å²) in [6, 6.07) is 8.80. The summed E-state index contributed by atoms with van der Waals surface area (Å²) in [6.45, 7) is 0. The van der Waals surface area contributed by atoms with Gasteiger partial charge in [-0.1, -0.05) is 34.5 Å². The molecular formula is C15H19BrO. The zero-order valence-corrected chi connectivity index (χ0v) is 11.7. The van der Waals surface area contributed by atoms with Crippen molar-refractivity contribution in [1.29, 1.82) is 0 Å². The van der Waals surface area contributed by atoms with E-state index in [9.17, 15) is 0 Å². The molecule has 2 atom stereocenters. The Balaban J connectivity index is 1.65. The first-order chi connectivity index (χ1) is 8.31. The standard InChI is InChI=1S/C15H19BrO/c16-13-3-1-2-12(10-13)11-4-6-14(7-5-11)17-15-8-9-15/h4-7,12-13,15H,1-3,8-10H2. The van der Waals surface area contributed by atoms with Gasteiger partial charge in [-0.05, 0) is 55.7 Å². The smallest absolute Gasteiger partial charge is 0.119 e. The van der Waals surface area contributed by atoms with Crippen molar-refractivity contribution in [3.05, 3.63) is 29.8 Å². The molecule has 2 aliphatic carbocycles. The predicted molar refractivity (Wildman–Crippen MR) is 74.0 cm³/mol. The Morgan fingerprint density at radius 3 is 2.41 bits per heavy atom. The maximum atomic E-state index is 5.78. The molecule has 3 rings (SSSR count). The second kappa shape index (κ2) is 5.01. The fourth-order valence-corrected chi connectivity index (χ4v) is 3.40. The molecule has 92 valence electrons. The number of hydrogen-bond donors (Lipinski definition) is 0. The van der Waals surface area contributed by atoms with Gasteiger partial charge in [-0.15, -0.1) is 0 Å². The summed E-state index contributed by atoms with van der Waals surface area (Å²) in [6.07, 6.45) is 8.27. The fourth-order valence-electron chi connectivity index (χ4n) is 2.63. The molecule has 2 heteroatoms. The Morgan fingerprint density at radius 1 is 1.00 bits per heavy atom. The van der Waals surface area contributed by atoms with Gasteiger partial charge in [-0.25, -0.2) is 0 Å². The van der Waals surface area contributed by atoms with E-state index in [1.165, 1.54) is 44.1 Å². The summed E-state index contributed by atoms with van der Waals surface area (Å²) in [4.78, 5) is 0.712. The van der Waals surface area contributed by atoms with Crippen molar-refractivity contribution >= 4 is 15.9 Å². The molecule has 17 heavy (non-hydrogen) atoms. The van der Waals surface area contributed by atoms with Crippen LogP contribution in [0.15, 0.2) is 24.3 Å². The molecule has 0 aromatic heterocycles. The molecule has 0 N–H and O–H groups in total. The summed E-state index contributed by atoms with van der Waals surface area (Å²) >= 11 is 3.76. The van der Waals surface area contributed by atoms with Gasteiger partial charge < -0.3 is 4.74 Å². The molecular weight excluding hydrogens is 276 g/mol. The van der Waals surface area contributed by atoms with Crippen LogP contribution in [0, 0.1) is 0 Å². The Hall–Kier alpha value is -0.500. The number of alkyl halides is 1. The van der Waals surface area contributed by atoms with Gasteiger partial charge in [0.1, 0.15) is 5.75 Å². The topological polar surface area (TPSA) is 9.23 Å². The van der Waals surface area contributed by atoms with Crippen LogP contribution >= 0.6 is 15.9 Å². The normalized spacial score (nSPS) is 29.0. The van der Waals surface area contributed by atoms with Crippen molar-refractivity contribution in [1.82, 2.24) is 0 Å². The van der Waals surface area contributed by atoms with E-state index in [1.54, 1.807) is 0 Å². The van der Waals surface area contributed by atoms with Gasteiger partial charge in [0.15, 0.2) is 0 Å². The van der Waals surface area contributed by atoms with Gasteiger partial charge in [0, 0.05) is 4.83 Å². The van der Waals surface area contributed by atoms with Gasteiger partial charge >= 0.3 is 0 Å². The van der Waals surface area contributed by atoms with Gasteiger partial charge in [-0.3, -0.25) is 0 Å². The second-order valence-electron chi connectivity index (χ2n) is 5.35. The first kappa shape index (κ1) is 11.6. The molecule has 0 aliphatic heterocycles. The SMILES string of the molecule is BrC1CCCC(c2ccc(OC3CC3)cc2)C1. The van der Waals surface area contributed by atoms with Gasteiger partial charge in [0.25, 0.3) is 0 Å². The largest absolute Gasteiger partial charge is 0.490 e. The van der Waals surface area contributed by atoms with Crippen molar-refractivity contribution in [3.63, 3.8) is 0 Å². The first-order valence-corrected chi connectivity index (χ1v) is 7.63. The number of ether oxygens (including phenoxy) is 1. The third kappa shape index (κ3) is 3.04. The zero-order chi connectivity index (χ0) is 11.7. The van der Waals surface area contributed by atoms with E-state index in [0.717, 1.165) is 11.7 Å². The second-order valence-corrected chi connectivity index (χ2v) is 6.64. The van der Waals surface area contributed by atoms with Crippen LogP contribution in [-0.4, -0.2) is 10.9 Å². The van der Waals surface area contributed by atoms with Crippen LogP contribution < -0.4 is 4.74 Å². The van der Waals surface area contributed by atoms with Gasteiger partial charge in [0.05, 0.1) is 6.10 Å². The van der Waals surface area contributed by atoms with Crippen molar-refractivity contribution in [2.24, 2.45) is 0 Å². The summed E-state index contributed by atoms with van der Waals surface area (Å²) in [5.41, 5.74) is 1.48. The predicted octanol–water partition coefficient (Wildman–Crippen LogP) is 4.65. The highest BCUT2D eigenvalue weighted by Crippen LogP contribution is 2.36. The van der Waals surface area contributed by atoms with E-state index in [0.29, 0.717) is 10.9 Å². The van der Waals surface area contributed by atoms with Crippen LogP contribution in [0.4, 0.5) is 0 Å². The number of hydrogen-bond acceptors (Lipinski definition) is 1. The minimum Gasteiger partial charge on any atom is -0.490 e. The lowest BCUT2D eigenvalue weighted by atomic mass is 9.84. The minimum atomic E-state index is 0.502. The van der Waals surface area contributed by atoms with Crippen molar-refractivity contribution in [3.8, 4) is 5.75 Å². The van der Waals surface area contributed by atoms with Crippen LogP contribution in [0.3, 0.4) is 0 Å². The van der Waals surface area contributed by atoms with E-state index in [2.05, 4.69) is 40.2 Å². The Kier molecular flexibility index (Phi) is 3.41. The third-order valence-corrected chi connectivity index (χ3v) is 4.62. The van der Waals surface area contributed by atoms with E-state index < -0.39 is 0 Å². The molecule has 0 radical (unpaired) electrons. The molecule has 2 unspecified atom stereocenters. The van der Waals surface area contributed by atoms with Crippen molar-refractivity contribution in [2.45, 2.75) is 55.4 Å². The molecule has 0 bridgehead atoms. The van der Waals surface area contributed by atoms with Gasteiger partial charge in [-0.2, -0.15) is 0 Å². The molecule has 1 aromatic carbocycles. The van der Waals surface area contributed by atoms with Crippen LogP contribution in [0.25, 0.3) is 0 Å². The van der Waals surface area contributed by atoms with E-state index >= 15 is 0 Å². The molecule has 2 saturated carbocycles. The van der Waals surface area contributed by atoms with E-state index in [-0.39, 0.29) is 0 Å². The Morgan fingerprint density at radius 2 is 1.76 bits per heavy atom. The number of rotatable bonds is 3. The maximum Gasteiger partial charge on any atom is 0.119 e. The lowest BCUT2D eigenvalue weighted by Crippen LogP contribution is -2.13. The molecule has 2 fully saturated rings. The van der Waals surface area contributed by atoms with Crippen LogP contribution in [0.5, 0.6) is 5.75 Å². The summed E-state index contributed by atoms with van der Waals surface area (Å²) in [5.74, 6) is 1.78. The van der Waals surface area contributed by atoms with E-state index in [4.69, 9.17) is 4.74 Å². The minimum absolute atomic E-state index is 0.502. The lowest BCUT2D eigenvalue weighted by molar-refractivity contribution is 0.303. The zero-order valence-electron chi connectivity index (χ0n) is 10.1. The Labute approximate surface area is 112 Å². The summed E-state index contributed by atoms with van der Waals surface area (Å²) in [5, 5.41) is 0. The van der Waals surface area contributed by atoms with Crippen LogP contribution in [0.1, 0.15) is 50.0 Å². The molecule has 0 saturated heterocycles.